The van der Waals surface area contributed by atoms with E-state index in [-0.39, 0.29) is 5.38 Å². The Hall–Kier alpha value is -0.450. The number of halogens is 1. The summed E-state index contributed by atoms with van der Waals surface area (Å²) < 4.78 is 0. The Kier molecular flexibility index (Phi) is 3.15. The Balaban J connectivity index is 2.03. The fraction of sp³-hybridized carbons (Fsp3) is 0.556. The summed E-state index contributed by atoms with van der Waals surface area (Å²) in [4.78, 5) is 0. The molecule has 3 nitrogen and oxygen atoms in total. The highest BCUT2D eigenvalue weighted by Gasteiger charge is 2.12. The second-order valence-corrected chi connectivity index (χ2v) is 5.19. The Morgan fingerprint density at radius 1 is 1.64 bits per heavy atom. The van der Waals surface area contributed by atoms with E-state index in [1.54, 1.807) is 11.3 Å². The van der Waals surface area contributed by atoms with Crippen LogP contribution in [-0.2, 0) is 6.42 Å². The van der Waals surface area contributed by atoms with Crippen LogP contribution in [0.15, 0.2) is 11.6 Å². The Morgan fingerprint density at radius 2 is 2.50 bits per heavy atom. The molecule has 0 saturated heterocycles. The molecule has 1 aliphatic heterocycles. The number of rotatable bonds is 2. The van der Waals surface area contributed by atoms with E-state index < -0.39 is 0 Å². The van der Waals surface area contributed by atoms with Crippen LogP contribution in [0, 0.1) is 6.92 Å². The van der Waals surface area contributed by atoms with Gasteiger partial charge in [-0.25, -0.2) is 0 Å². The first kappa shape index (κ1) is 10.1. The first-order valence-corrected chi connectivity index (χ1v) is 5.82. The van der Waals surface area contributed by atoms with E-state index in [4.69, 9.17) is 11.6 Å². The molecule has 1 aliphatic rings. The first-order valence-electron chi connectivity index (χ1n) is 4.57. The third-order valence-corrected chi connectivity index (χ3v) is 3.17. The number of nitrogens with one attached hydrogen (secondary N) is 1. The van der Waals surface area contributed by atoms with Crippen LogP contribution < -0.4 is 5.32 Å². The largest absolute Gasteiger partial charge is 0.311 e. The lowest BCUT2D eigenvalue weighted by Crippen LogP contribution is -2.30. The summed E-state index contributed by atoms with van der Waals surface area (Å²) in [5.41, 5.74) is 1.31. The molecule has 0 aliphatic carbocycles. The van der Waals surface area contributed by atoms with Gasteiger partial charge in [0, 0.05) is 19.5 Å². The third kappa shape index (κ3) is 2.53. The summed E-state index contributed by atoms with van der Waals surface area (Å²) in [5.74, 6) is 0. The molecule has 0 saturated carbocycles. The zero-order chi connectivity index (χ0) is 9.97. The molecule has 1 unspecified atom stereocenters. The summed E-state index contributed by atoms with van der Waals surface area (Å²) >= 11 is 7.66. The van der Waals surface area contributed by atoms with Crippen molar-refractivity contribution in [3.05, 3.63) is 21.7 Å². The molecule has 76 valence electrons. The minimum Gasteiger partial charge on any atom is -0.311 e. The normalized spacial score (nSPS) is 22.1. The monoisotopic (exact) mass is 229 g/mol. The molecule has 1 N–H and O–H groups in total. The molecule has 1 aromatic heterocycles. The minimum absolute atomic E-state index is 0.118. The summed E-state index contributed by atoms with van der Waals surface area (Å²) in [5, 5.41) is 13.6. The molecular formula is C9H12ClN3S. The van der Waals surface area contributed by atoms with Crippen molar-refractivity contribution in [2.45, 2.75) is 18.7 Å². The van der Waals surface area contributed by atoms with Crippen LogP contribution >= 0.6 is 22.9 Å². The smallest absolute Gasteiger partial charge is 0.121 e. The number of aromatic nitrogens is 2. The van der Waals surface area contributed by atoms with Crippen LogP contribution in [0.25, 0.3) is 0 Å². The van der Waals surface area contributed by atoms with Crippen molar-refractivity contribution in [1.29, 1.82) is 0 Å². The molecule has 2 heterocycles. The van der Waals surface area contributed by atoms with Crippen LogP contribution in [0.4, 0.5) is 0 Å². The summed E-state index contributed by atoms with van der Waals surface area (Å²) in [7, 11) is 0. The number of hydrogen-bond donors (Lipinski definition) is 1. The minimum atomic E-state index is 0.118. The maximum atomic E-state index is 6.01. The quantitative estimate of drug-likeness (QED) is 0.618. The maximum Gasteiger partial charge on any atom is 0.121 e. The Morgan fingerprint density at radius 3 is 3.14 bits per heavy atom. The van der Waals surface area contributed by atoms with E-state index in [9.17, 15) is 0 Å². The average Bonchev–Trinajstić information content (AvgIpc) is 2.51. The maximum absolute atomic E-state index is 6.01. The van der Waals surface area contributed by atoms with E-state index >= 15 is 0 Å². The van der Waals surface area contributed by atoms with Crippen LogP contribution in [0.2, 0.25) is 0 Å². The standard InChI is InChI=1S/C9H12ClN3S/c1-6-12-13-9(14-6)3-7-2-8(10)5-11-4-7/h2,8,11H,3-5H2,1H3. The number of nitrogens with zero attached hydrogens (tertiary/aromatic N) is 2. The van der Waals surface area contributed by atoms with Crippen molar-refractivity contribution in [2.24, 2.45) is 0 Å². The van der Waals surface area contributed by atoms with Crippen LogP contribution in [0.1, 0.15) is 10.0 Å². The summed E-state index contributed by atoms with van der Waals surface area (Å²) in [6.45, 7) is 3.75. The van der Waals surface area contributed by atoms with E-state index in [2.05, 4.69) is 21.6 Å². The summed E-state index contributed by atoms with van der Waals surface area (Å²) in [6, 6.07) is 0. The SMILES string of the molecule is Cc1nnc(CC2=CC(Cl)CNC2)s1. The zero-order valence-corrected chi connectivity index (χ0v) is 9.53. The number of hydrogen-bond acceptors (Lipinski definition) is 4. The lowest BCUT2D eigenvalue weighted by Gasteiger charge is -2.16. The van der Waals surface area contributed by atoms with Gasteiger partial charge >= 0.3 is 0 Å². The van der Waals surface area contributed by atoms with Gasteiger partial charge in [-0.1, -0.05) is 11.6 Å². The zero-order valence-electron chi connectivity index (χ0n) is 7.96. The number of aryl methyl sites for hydroxylation is 1. The molecule has 0 fully saturated rings. The van der Waals surface area contributed by atoms with Crippen molar-refractivity contribution in [3.8, 4) is 0 Å². The van der Waals surface area contributed by atoms with Gasteiger partial charge in [0.25, 0.3) is 0 Å². The predicted octanol–water partition coefficient (Wildman–Crippen LogP) is 1.53. The second-order valence-electron chi connectivity index (χ2n) is 3.36. The molecule has 0 radical (unpaired) electrons. The molecule has 14 heavy (non-hydrogen) atoms. The van der Waals surface area contributed by atoms with Gasteiger partial charge in [0.2, 0.25) is 0 Å². The van der Waals surface area contributed by atoms with Crippen molar-refractivity contribution in [2.75, 3.05) is 13.1 Å². The van der Waals surface area contributed by atoms with Gasteiger partial charge in [-0.05, 0) is 6.92 Å². The highest BCUT2D eigenvalue weighted by molar-refractivity contribution is 7.11. The van der Waals surface area contributed by atoms with Gasteiger partial charge in [0.05, 0.1) is 5.38 Å². The van der Waals surface area contributed by atoms with Crippen molar-refractivity contribution < 1.29 is 0 Å². The van der Waals surface area contributed by atoms with Gasteiger partial charge in [-0.2, -0.15) is 0 Å². The fourth-order valence-corrected chi connectivity index (χ4v) is 2.52. The average molecular weight is 230 g/mol. The highest BCUT2D eigenvalue weighted by atomic mass is 35.5. The van der Waals surface area contributed by atoms with Crippen molar-refractivity contribution >= 4 is 22.9 Å². The Bertz CT molecular complexity index is 348. The van der Waals surface area contributed by atoms with Gasteiger partial charge in [-0.3, -0.25) is 0 Å². The van der Waals surface area contributed by atoms with Crippen molar-refractivity contribution in [1.82, 2.24) is 15.5 Å². The van der Waals surface area contributed by atoms with Gasteiger partial charge < -0.3 is 5.32 Å². The number of alkyl halides is 1. The lowest BCUT2D eigenvalue weighted by molar-refractivity contribution is 0.693. The highest BCUT2D eigenvalue weighted by Crippen LogP contribution is 2.16. The fourth-order valence-electron chi connectivity index (χ4n) is 1.47. The molecule has 2 rings (SSSR count). The van der Waals surface area contributed by atoms with Gasteiger partial charge in [0.1, 0.15) is 10.0 Å². The van der Waals surface area contributed by atoms with Gasteiger partial charge in [0.15, 0.2) is 0 Å². The lowest BCUT2D eigenvalue weighted by atomic mass is 10.1. The van der Waals surface area contributed by atoms with Crippen molar-refractivity contribution in [3.63, 3.8) is 0 Å². The Labute approximate surface area is 92.2 Å². The molecule has 0 amide bonds. The first-order chi connectivity index (χ1) is 6.74. The topological polar surface area (TPSA) is 37.8 Å². The van der Waals surface area contributed by atoms with E-state index in [1.165, 1.54) is 5.57 Å². The molecular weight excluding hydrogens is 218 g/mol. The van der Waals surface area contributed by atoms with Gasteiger partial charge in [-0.15, -0.1) is 33.1 Å². The van der Waals surface area contributed by atoms with E-state index in [0.717, 1.165) is 29.5 Å². The van der Waals surface area contributed by atoms with Crippen LogP contribution in [0.5, 0.6) is 0 Å². The molecule has 0 spiro atoms. The molecule has 5 heteroatoms. The molecule has 1 aromatic rings. The predicted molar refractivity (Wildman–Crippen MR) is 58.9 cm³/mol. The third-order valence-electron chi connectivity index (χ3n) is 2.05. The van der Waals surface area contributed by atoms with E-state index in [0.29, 0.717) is 0 Å². The second kappa shape index (κ2) is 4.38. The van der Waals surface area contributed by atoms with Crippen LogP contribution in [0.3, 0.4) is 0 Å². The summed E-state index contributed by atoms with van der Waals surface area (Å²) in [6.07, 6.45) is 3.00. The molecule has 0 bridgehead atoms. The molecule has 1 atom stereocenters. The van der Waals surface area contributed by atoms with Crippen LogP contribution in [-0.4, -0.2) is 28.7 Å². The van der Waals surface area contributed by atoms with E-state index in [1.807, 2.05) is 6.92 Å². The molecule has 0 aromatic carbocycles.